The van der Waals surface area contributed by atoms with E-state index in [1.807, 2.05) is 21.1 Å². The lowest BCUT2D eigenvalue weighted by Crippen LogP contribution is -2.44. The van der Waals surface area contributed by atoms with Crippen molar-refractivity contribution in [1.82, 2.24) is 0 Å². The fourth-order valence-corrected chi connectivity index (χ4v) is 5.15. The molecule has 0 saturated carbocycles. The average molecular weight is 722 g/mol. The van der Waals surface area contributed by atoms with Crippen molar-refractivity contribution < 1.29 is 42.9 Å². The van der Waals surface area contributed by atoms with E-state index in [0.29, 0.717) is 17.4 Å². The largest absolute Gasteiger partial charge is 0.545 e. The number of esters is 2. The zero-order valence-electron chi connectivity index (χ0n) is 33.2. The molecule has 2 atom stereocenters. The normalized spacial score (nSPS) is 13.4. The van der Waals surface area contributed by atoms with Gasteiger partial charge in [0.05, 0.1) is 40.3 Å². The van der Waals surface area contributed by atoms with Gasteiger partial charge in [-0.05, 0) is 64.2 Å². The Hall–Kier alpha value is -2.49. The molecule has 0 aromatic rings. The number of hydrogen-bond acceptors (Lipinski definition) is 8. The van der Waals surface area contributed by atoms with E-state index >= 15 is 0 Å². The van der Waals surface area contributed by atoms with Gasteiger partial charge in [0.1, 0.15) is 13.2 Å². The van der Waals surface area contributed by atoms with Gasteiger partial charge in [0.25, 0.3) is 0 Å². The van der Waals surface area contributed by atoms with Gasteiger partial charge in [-0.2, -0.15) is 0 Å². The highest BCUT2D eigenvalue weighted by atomic mass is 16.7. The first-order valence-electron chi connectivity index (χ1n) is 20.1. The Morgan fingerprint density at radius 1 is 0.588 bits per heavy atom. The minimum atomic E-state index is -1.62. The quantitative estimate of drug-likeness (QED) is 0.0208. The molecule has 0 heterocycles. The van der Waals surface area contributed by atoms with E-state index in [-0.39, 0.29) is 38.6 Å². The molecule has 0 N–H and O–H groups in total. The summed E-state index contributed by atoms with van der Waals surface area (Å²) in [5.41, 5.74) is 0. The highest BCUT2D eigenvalue weighted by Gasteiger charge is 2.21. The maximum absolute atomic E-state index is 12.7. The molecule has 0 aliphatic carbocycles. The molecule has 0 fully saturated rings. The second-order valence-electron chi connectivity index (χ2n) is 14.6. The highest BCUT2D eigenvalue weighted by Crippen LogP contribution is 2.12. The lowest BCUT2D eigenvalue weighted by Gasteiger charge is -2.26. The molecule has 0 bridgehead atoms. The Bertz CT molecular complexity index is 940. The lowest BCUT2D eigenvalue weighted by molar-refractivity contribution is -0.870. The van der Waals surface area contributed by atoms with Crippen LogP contribution in [-0.2, 0) is 33.3 Å². The molecule has 0 aromatic carbocycles. The summed E-state index contributed by atoms with van der Waals surface area (Å²) in [5.74, 6) is -2.32. The number of rotatable bonds is 36. The number of nitrogens with zero attached hydrogens (tertiary/aromatic N) is 1. The molecule has 296 valence electrons. The predicted octanol–water partition coefficient (Wildman–Crippen LogP) is 8.55. The van der Waals surface area contributed by atoms with Gasteiger partial charge in [0.15, 0.2) is 12.4 Å². The molecular formula is C42H75NO8. The van der Waals surface area contributed by atoms with Gasteiger partial charge in [0.2, 0.25) is 0 Å². The van der Waals surface area contributed by atoms with Crippen molar-refractivity contribution in [3.05, 3.63) is 36.5 Å². The first-order chi connectivity index (χ1) is 24.6. The summed E-state index contributed by atoms with van der Waals surface area (Å²) >= 11 is 0. The maximum atomic E-state index is 12.7. The summed E-state index contributed by atoms with van der Waals surface area (Å²) in [4.78, 5) is 36.8. The Morgan fingerprint density at radius 2 is 1.10 bits per heavy atom. The van der Waals surface area contributed by atoms with Crippen LogP contribution in [0.2, 0.25) is 0 Å². The van der Waals surface area contributed by atoms with E-state index in [4.69, 9.17) is 18.9 Å². The minimum absolute atomic E-state index is 0.143. The van der Waals surface area contributed by atoms with Gasteiger partial charge < -0.3 is 33.3 Å². The van der Waals surface area contributed by atoms with E-state index in [1.165, 1.54) is 38.5 Å². The number of aliphatic carboxylic acids is 1. The van der Waals surface area contributed by atoms with Crippen LogP contribution >= 0.6 is 0 Å². The van der Waals surface area contributed by atoms with Gasteiger partial charge in [-0.3, -0.25) is 9.59 Å². The smallest absolute Gasteiger partial charge is 0.306 e. The zero-order valence-corrected chi connectivity index (χ0v) is 33.2. The van der Waals surface area contributed by atoms with Crippen LogP contribution < -0.4 is 5.11 Å². The minimum Gasteiger partial charge on any atom is -0.545 e. The van der Waals surface area contributed by atoms with E-state index < -0.39 is 24.3 Å². The number of unbranched alkanes of at least 4 members (excludes halogenated alkanes) is 15. The number of carbonyl (C=O) groups excluding carboxylic acids is 3. The fourth-order valence-electron chi connectivity index (χ4n) is 5.15. The Labute approximate surface area is 311 Å². The number of quaternary nitrogens is 1. The Morgan fingerprint density at radius 3 is 1.65 bits per heavy atom. The first-order valence-corrected chi connectivity index (χ1v) is 20.1. The van der Waals surface area contributed by atoms with Gasteiger partial charge in [0, 0.05) is 12.8 Å². The topological polar surface area (TPSA) is 111 Å². The maximum Gasteiger partial charge on any atom is 0.306 e. The van der Waals surface area contributed by atoms with Gasteiger partial charge in [-0.25, -0.2) is 0 Å². The van der Waals surface area contributed by atoms with Crippen molar-refractivity contribution in [2.75, 3.05) is 47.5 Å². The summed E-state index contributed by atoms with van der Waals surface area (Å²) in [6.45, 7) is 4.61. The molecule has 0 saturated heterocycles. The Kier molecular flexibility index (Phi) is 32.9. The van der Waals surface area contributed by atoms with Crippen molar-refractivity contribution >= 4 is 17.9 Å². The van der Waals surface area contributed by atoms with Crippen molar-refractivity contribution in [2.45, 2.75) is 167 Å². The molecule has 0 aromatic heterocycles. The molecule has 0 radical (unpaired) electrons. The number of carboxylic acid groups (broad SMARTS) is 1. The highest BCUT2D eigenvalue weighted by molar-refractivity contribution is 5.70. The number of carbonyl (C=O) groups is 3. The van der Waals surface area contributed by atoms with Crippen LogP contribution in [0.3, 0.4) is 0 Å². The molecule has 2 unspecified atom stereocenters. The first kappa shape index (κ1) is 48.5. The molecule has 0 amide bonds. The van der Waals surface area contributed by atoms with Crippen LogP contribution in [0.5, 0.6) is 0 Å². The number of carboxylic acids is 1. The number of allylic oxidation sites excluding steroid dienone is 6. The average Bonchev–Trinajstić information content (AvgIpc) is 3.08. The summed E-state index contributed by atoms with van der Waals surface area (Å²) in [5, 5.41) is 11.6. The molecule has 0 aliphatic rings. The molecule has 0 aliphatic heterocycles. The number of hydrogen-bond donors (Lipinski definition) is 0. The summed E-state index contributed by atoms with van der Waals surface area (Å²) in [6, 6.07) is 0. The third-order valence-electron chi connectivity index (χ3n) is 8.34. The molecule has 0 rings (SSSR count). The van der Waals surface area contributed by atoms with Crippen molar-refractivity contribution in [3.63, 3.8) is 0 Å². The SMILES string of the molecule is CCC/C=C\CCCCCCCC(=O)OCC(COC(OCC[N+](C)(C)C)C(=O)[O-])OC(=O)CCCCCCC/C=C\C/C=C\CCCCCC. The summed E-state index contributed by atoms with van der Waals surface area (Å²) in [6.07, 6.45) is 33.2. The van der Waals surface area contributed by atoms with Gasteiger partial charge >= 0.3 is 11.9 Å². The number of ether oxygens (including phenoxy) is 4. The zero-order chi connectivity index (χ0) is 37.8. The predicted molar refractivity (Wildman–Crippen MR) is 205 cm³/mol. The third-order valence-corrected chi connectivity index (χ3v) is 8.34. The standard InChI is InChI=1S/C42H75NO8/c1-6-8-10-12-14-16-18-19-20-21-22-23-25-27-29-31-33-40(45)51-38(37-50-42(41(46)47)48-35-34-43(3,4)5)36-49-39(44)32-30-28-26-24-17-15-13-11-9-7-2/h11,13,16,18,20-21,38,42H,6-10,12,14-15,17,19,22-37H2,1-5H3/b13-11-,18-16-,21-20-. The van der Waals surface area contributed by atoms with E-state index in [1.54, 1.807) is 0 Å². The number of likely N-dealkylation sites (N-methyl/N-ethyl adjacent to an activating group) is 1. The van der Waals surface area contributed by atoms with E-state index in [9.17, 15) is 19.5 Å². The van der Waals surface area contributed by atoms with Crippen molar-refractivity contribution in [3.8, 4) is 0 Å². The fraction of sp³-hybridized carbons (Fsp3) is 0.786. The van der Waals surface area contributed by atoms with E-state index in [0.717, 1.165) is 83.5 Å². The van der Waals surface area contributed by atoms with Crippen LogP contribution in [0.15, 0.2) is 36.5 Å². The lowest BCUT2D eigenvalue weighted by atomic mass is 10.1. The van der Waals surface area contributed by atoms with Crippen LogP contribution in [0, 0.1) is 0 Å². The van der Waals surface area contributed by atoms with Crippen LogP contribution in [0.25, 0.3) is 0 Å². The Balaban J connectivity index is 4.53. The molecular weight excluding hydrogens is 646 g/mol. The summed E-state index contributed by atoms with van der Waals surface area (Å²) in [7, 11) is 5.89. The molecule has 9 nitrogen and oxygen atoms in total. The molecule has 0 spiro atoms. The van der Waals surface area contributed by atoms with Crippen LogP contribution in [0.4, 0.5) is 0 Å². The monoisotopic (exact) mass is 722 g/mol. The van der Waals surface area contributed by atoms with E-state index in [2.05, 4.69) is 50.3 Å². The van der Waals surface area contributed by atoms with Gasteiger partial charge in [-0.15, -0.1) is 0 Å². The van der Waals surface area contributed by atoms with Crippen LogP contribution in [-0.4, -0.2) is 82.3 Å². The molecule has 51 heavy (non-hydrogen) atoms. The van der Waals surface area contributed by atoms with Crippen molar-refractivity contribution in [2.24, 2.45) is 0 Å². The second-order valence-corrected chi connectivity index (χ2v) is 14.6. The van der Waals surface area contributed by atoms with Gasteiger partial charge in [-0.1, -0.05) is 115 Å². The summed E-state index contributed by atoms with van der Waals surface area (Å²) < 4.78 is 22.4. The second kappa shape index (κ2) is 34.6. The molecule has 9 heteroatoms. The van der Waals surface area contributed by atoms with Crippen LogP contribution in [0.1, 0.15) is 155 Å². The third kappa shape index (κ3) is 35.7. The van der Waals surface area contributed by atoms with Crippen molar-refractivity contribution in [1.29, 1.82) is 0 Å².